The van der Waals surface area contributed by atoms with Crippen LogP contribution in [0.5, 0.6) is 0 Å². The third-order valence-electron chi connectivity index (χ3n) is 4.32. The number of hydrogen-bond acceptors (Lipinski definition) is 3. The second-order valence-corrected chi connectivity index (χ2v) is 7.60. The molecule has 27 heavy (non-hydrogen) atoms. The topological polar surface area (TPSA) is 66.5 Å². The van der Waals surface area contributed by atoms with Crippen LogP contribution in [0.3, 0.4) is 0 Å². The molecule has 1 aliphatic heterocycles. The molecule has 0 saturated heterocycles. The minimum absolute atomic E-state index is 0.0962. The lowest BCUT2D eigenvalue weighted by Gasteiger charge is -2.26. The van der Waals surface area contributed by atoms with Crippen LogP contribution in [0.4, 0.5) is 5.69 Å². The van der Waals surface area contributed by atoms with Crippen molar-refractivity contribution in [3.8, 4) is 0 Å². The van der Waals surface area contributed by atoms with Crippen LogP contribution in [-0.2, 0) is 4.79 Å². The van der Waals surface area contributed by atoms with Gasteiger partial charge >= 0.3 is 0 Å². The molecular formula is C20H18Cl2N2O3. The summed E-state index contributed by atoms with van der Waals surface area (Å²) in [5, 5.41) is 3.40. The molecule has 0 aliphatic carbocycles. The number of hydrogen-bond donors (Lipinski definition) is 1. The first-order valence-corrected chi connectivity index (χ1v) is 9.28. The lowest BCUT2D eigenvalue weighted by atomic mass is 10.0. The Morgan fingerprint density at radius 3 is 2.11 bits per heavy atom. The van der Waals surface area contributed by atoms with E-state index in [0.29, 0.717) is 33.3 Å². The van der Waals surface area contributed by atoms with Crippen molar-refractivity contribution in [3.05, 3.63) is 63.6 Å². The maximum absolute atomic E-state index is 12.9. The summed E-state index contributed by atoms with van der Waals surface area (Å²) in [6.07, 6.45) is 0.346. The van der Waals surface area contributed by atoms with E-state index in [4.69, 9.17) is 23.2 Å². The van der Waals surface area contributed by atoms with E-state index in [1.54, 1.807) is 36.4 Å². The van der Waals surface area contributed by atoms with Gasteiger partial charge in [-0.15, -0.1) is 0 Å². The number of benzene rings is 2. The quantitative estimate of drug-likeness (QED) is 0.737. The third-order valence-corrected chi connectivity index (χ3v) is 5.06. The Balaban J connectivity index is 1.90. The van der Waals surface area contributed by atoms with Gasteiger partial charge in [0.2, 0.25) is 5.91 Å². The van der Waals surface area contributed by atoms with Crippen molar-refractivity contribution >= 4 is 46.6 Å². The second-order valence-electron chi connectivity index (χ2n) is 6.79. The minimum atomic E-state index is -0.924. The highest BCUT2D eigenvalue weighted by Gasteiger charge is 2.42. The number of nitrogens with one attached hydrogen (secondary N) is 1. The monoisotopic (exact) mass is 404 g/mol. The first-order chi connectivity index (χ1) is 12.8. The van der Waals surface area contributed by atoms with Crippen molar-refractivity contribution in [3.63, 3.8) is 0 Å². The van der Waals surface area contributed by atoms with Crippen molar-refractivity contribution < 1.29 is 14.4 Å². The van der Waals surface area contributed by atoms with Crippen LogP contribution in [0.25, 0.3) is 0 Å². The summed E-state index contributed by atoms with van der Waals surface area (Å²) in [4.78, 5) is 39.5. The van der Waals surface area contributed by atoms with Crippen molar-refractivity contribution in [2.45, 2.75) is 26.3 Å². The van der Waals surface area contributed by atoms with Crippen LogP contribution in [0.1, 0.15) is 41.0 Å². The summed E-state index contributed by atoms with van der Waals surface area (Å²) in [7, 11) is 0. The van der Waals surface area contributed by atoms with E-state index in [1.807, 2.05) is 13.8 Å². The highest BCUT2D eigenvalue weighted by Crippen LogP contribution is 2.29. The molecule has 1 atom stereocenters. The van der Waals surface area contributed by atoms with E-state index >= 15 is 0 Å². The molecule has 7 heteroatoms. The number of carbonyl (C=O) groups excluding carboxylic acids is 3. The van der Waals surface area contributed by atoms with Gasteiger partial charge in [0.25, 0.3) is 11.8 Å². The van der Waals surface area contributed by atoms with Gasteiger partial charge in [0.15, 0.2) is 0 Å². The summed E-state index contributed by atoms with van der Waals surface area (Å²) in [6, 6.07) is 10.4. The zero-order chi connectivity index (χ0) is 19.7. The molecular weight excluding hydrogens is 387 g/mol. The van der Waals surface area contributed by atoms with E-state index < -0.39 is 23.8 Å². The van der Waals surface area contributed by atoms with Gasteiger partial charge in [0, 0.05) is 5.69 Å². The number of halogens is 2. The van der Waals surface area contributed by atoms with E-state index in [9.17, 15) is 14.4 Å². The molecule has 0 saturated carbocycles. The Kier molecular flexibility index (Phi) is 5.53. The molecule has 3 amide bonds. The first-order valence-electron chi connectivity index (χ1n) is 8.52. The lowest BCUT2D eigenvalue weighted by molar-refractivity contribution is -0.120. The standard InChI is InChI=1S/C20H18Cl2N2O3/c1-11(2)9-17(18(25)23-12-7-8-15(21)16(22)10-12)24-19(26)13-5-3-4-6-14(13)20(24)27/h3-8,10-11,17H,9H2,1-2H3,(H,23,25). The van der Waals surface area contributed by atoms with Gasteiger partial charge in [0.1, 0.15) is 6.04 Å². The molecule has 0 spiro atoms. The fourth-order valence-corrected chi connectivity index (χ4v) is 3.36. The molecule has 0 fully saturated rings. The molecule has 1 N–H and O–H groups in total. The maximum Gasteiger partial charge on any atom is 0.262 e. The highest BCUT2D eigenvalue weighted by molar-refractivity contribution is 6.42. The first kappa shape index (κ1) is 19.4. The highest BCUT2D eigenvalue weighted by atomic mass is 35.5. The molecule has 2 aromatic carbocycles. The van der Waals surface area contributed by atoms with Gasteiger partial charge in [-0.3, -0.25) is 19.3 Å². The normalized spacial score (nSPS) is 14.5. The molecule has 140 valence electrons. The van der Waals surface area contributed by atoms with Crippen molar-refractivity contribution in [1.82, 2.24) is 4.90 Å². The molecule has 5 nitrogen and oxygen atoms in total. The molecule has 0 aromatic heterocycles. The molecule has 0 bridgehead atoms. The average molecular weight is 405 g/mol. The molecule has 2 aromatic rings. The minimum Gasteiger partial charge on any atom is -0.324 e. The smallest absolute Gasteiger partial charge is 0.262 e. The Bertz CT molecular complexity index is 892. The number of nitrogens with zero attached hydrogens (tertiary/aromatic N) is 1. The second kappa shape index (κ2) is 7.71. The van der Waals surface area contributed by atoms with Gasteiger partial charge in [-0.25, -0.2) is 0 Å². The van der Waals surface area contributed by atoms with Crippen LogP contribution in [0, 0.1) is 5.92 Å². The van der Waals surface area contributed by atoms with E-state index in [1.165, 1.54) is 6.07 Å². The van der Waals surface area contributed by atoms with Gasteiger partial charge in [0.05, 0.1) is 21.2 Å². The van der Waals surface area contributed by atoms with Gasteiger partial charge in [-0.05, 0) is 42.7 Å². The Labute approximate surface area is 167 Å². The Morgan fingerprint density at radius 2 is 1.59 bits per heavy atom. The van der Waals surface area contributed by atoms with Crippen molar-refractivity contribution in [2.24, 2.45) is 5.92 Å². The van der Waals surface area contributed by atoms with Crippen LogP contribution >= 0.6 is 23.2 Å². The predicted octanol–water partition coefficient (Wildman–Crippen LogP) is 4.64. The summed E-state index contributed by atoms with van der Waals surface area (Å²) >= 11 is 11.9. The average Bonchev–Trinajstić information content (AvgIpc) is 2.87. The van der Waals surface area contributed by atoms with Crippen LogP contribution in [0.15, 0.2) is 42.5 Å². The number of carbonyl (C=O) groups is 3. The zero-order valence-electron chi connectivity index (χ0n) is 14.8. The fraction of sp³-hybridized carbons (Fsp3) is 0.250. The van der Waals surface area contributed by atoms with E-state index in [-0.39, 0.29) is 5.92 Å². The van der Waals surface area contributed by atoms with Gasteiger partial charge in [-0.1, -0.05) is 49.2 Å². The largest absolute Gasteiger partial charge is 0.324 e. The predicted molar refractivity (Wildman–Crippen MR) is 105 cm³/mol. The van der Waals surface area contributed by atoms with E-state index in [0.717, 1.165) is 4.90 Å². The number of fused-ring (bicyclic) bond motifs is 1. The number of rotatable bonds is 5. The SMILES string of the molecule is CC(C)CC(C(=O)Nc1ccc(Cl)c(Cl)c1)N1C(=O)c2ccccc2C1=O. The van der Waals surface area contributed by atoms with Gasteiger partial charge in [-0.2, -0.15) is 0 Å². The summed E-state index contributed by atoms with van der Waals surface area (Å²) in [5.41, 5.74) is 1.08. The molecule has 0 radical (unpaired) electrons. The molecule has 1 unspecified atom stereocenters. The van der Waals surface area contributed by atoms with Crippen molar-refractivity contribution in [1.29, 1.82) is 0 Å². The summed E-state index contributed by atoms with van der Waals surface area (Å²) < 4.78 is 0. The number of amides is 3. The third kappa shape index (κ3) is 3.84. The lowest BCUT2D eigenvalue weighted by Crippen LogP contribution is -2.47. The number of anilines is 1. The zero-order valence-corrected chi connectivity index (χ0v) is 16.3. The number of imide groups is 1. The van der Waals surface area contributed by atoms with Crippen LogP contribution in [-0.4, -0.2) is 28.7 Å². The maximum atomic E-state index is 12.9. The molecule has 1 aliphatic rings. The Morgan fingerprint density at radius 1 is 1.00 bits per heavy atom. The summed E-state index contributed by atoms with van der Waals surface area (Å²) in [6.45, 7) is 3.86. The van der Waals surface area contributed by atoms with Gasteiger partial charge < -0.3 is 5.32 Å². The summed E-state index contributed by atoms with van der Waals surface area (Å²) in [5.74, 6) is -1.26. The van der Waals surface area contributed by atoms with Crippen molar-refractivity contribution in [2.75, 3.05) is 5.32 Å². The molecule has 3 rings (SSSR count). The molecule has 1 heterocycles. The fourth-order valence-electron chi connectivity index (χ4n) is 3.07. The van der Waals surface area contributed by atoms with E-state index in [2.05, 4.69) is 5.32 Å². The Hall–Kier alpha value is -2.37. The van der Waals surface area contributed by atoms with Crippen LogP contribution < -0.4 is 5.32 Å². The van der Waals surface area contributed by atoms with Crippen LogP contribution in [0.2, 0.25) is 10.0 Å².